The van der Waals surface area contributed by atoms with Crippen LogP contribution in [0, 0.1) is 5.92 Å². The lowest BCUT2D eigenvalue weighted by molar-refractivity contribution is -0.138. The molecule has 3 aromatic rings. The van der Waals surface area contributed by atoms with Crippen molar-refractivity contribution in [2.75, 3.05) is 18.8 Å². The van der Waals surface area contributed by atoms with Crippen molar-refractivity contribution < 1.29 is 14.7 Å². The average Bonchev–Trinajstić information content (AvgIpc) is 3.56. The number of piperidine rings is 1. The normalized spacial score (nSPS) is 15.9. The summed E-state index contributed by atoms with van der Waals surface area (Å²) in [5, 5.41) is 12.3. The molecular formula is C23H27N5O3. The average molecular weight is 422 g/mol. The Balaban J connectivity index is 0.000000334. The van der Waals surface area contributed by atoms with E-state index in [0.29, 0.717) is 6.42 Å². The van der Waals surface area contributed by atoms with Crippen LogP contribution in [-0.2, 0) is 16.0 Å². The van der Waals surface area contributed by atoms with E-state index in [1.165, 1.54) is 6.42 Å². The summed E-state index contributed by atoms with van der Waals surface area (Å²) in [7, 11) is 0. The number of amides is 1. The molecular weight excluding hydrogens is 394 g/mol. The monoisotopic (exact) mass is 421 g/mol. The number of fused-ring (bicyclic) bond motifs is 1. The van der Waals surface area contributed by atoms with E-state index in [0.717, 1.165) is 61.2 Å². The summed E-state index contributed by atoms with van der Waals surface area (Å²) in [6.07, 6.45) is 5.73. The number of anilines is 1. The Bertz CT molecular complexity index is 1070. The summed E-state index contributed by atoms with van der Waals surface area (Å²) < 4.78 is 1.74. The maximum absolute atomic E-state index is 12.4. The highest BCUT2D eigenvalue weighted by Gasteiger charge is 2.28. The van der Waals surface area contributed by atoms with Crippen molar-refractivity contribution in [3.05, 3.63) is 48.0 Å². The number of aliphatic carboxylic acids is 1. The smallest absolute Gasteiger partial charge is 0.306 e. The number of likely N-dealkylation sites (tertiary alicyclic amines) is 1. The minimum absolute atomic E-state index is 0.0185. The van der Waals surface area contributed by atoms with Crippen molar-refractivity contribution in [3.8, 4) is 11.3 Å². The van der Waals surface area contributed by atoms with Crippen LogP contribution in [0.1, 0.15) is 37.7 Å². The van der Waals surface area contributed by atoms with E-state index in [-0.39, 0.29) is 17.8 Å². The van der Waals surface area contributed by atoms with Gasteiger partial charge in [-0.2, -0.15) is 4.98 Å². The van der Waals surface area contributed by atoms with Crippen LogP contribution in [-0.4, -0.2) is 49.6 Å². The fourth-order valence-corrected chi connectivity index (χ4v) is 3.69. The molecule has 1 amide bonds. The number of nitrogens with two attached hydrogens (primary N) is 1. The summed E-state index contributed by atoms with van der Waals surface area (Å²) >= 11 is 0. The number of carboxylic acids is 1. The third kappa shape index (κ3) is 5.20. The number of pyridine rings is 1. The zero-order chi connectivity index (χ0) is 21.8. The Hall–Kier alpha value is -3.42. The summed E-state index contributed by atoms with van der Waals surface area (Å²) in [4.78, 5) is 28.3. The topological polar surface area (TPSA) is 114 Å². The largest absolute Gasteiger partial charge is 0.481 e. The van der Waals surface area contributed by atoms with Crippen LogP contribution in [0.2, 0.25) is 0 Å². The Kier molecular flexibility index (Phi) is 6.16. The molecule has 0 atom stereocenters. The van der Waals surface area contributed by atoms with E-state index in [4.69, 9.17) is 10.8 Å². The molecule has 5 rings (SSSR count). The SMILES string of the molecule is Nc1nc2cccc(-c3ccc(CC(=O)N4CCCCC4)cc3)n2n1.O=C(O)C1CC1. The predicted octanol–water partition coefficient (Wildman–Crippen LogP) is 3.01. The summed E-state index contributed by atoms with van der Waals surface area (Å²) in [6, 6.07) is 13.9. The van der Waals surface area contributed by atoms with Gasteiger partial charge >= 0.3 is 5.97 Å². The number of carbonyl (C=O) groups excluding carboxylic acids is 1. The molecule has 1 saturated carbocycles. The first kappa shape index (κ1) is 20.8. The second kappa shape index (κ2) is 9.16. The fourth-order valence-electron chi connectivity index (χ4n) is 3.69. The zero-order valence-electron chi connectivity index (χ0n) is 17.4. The standard InChI is InChI=1S/C19H21N5O.C4H6O2/c20-19-21-17-6-4-5-16(24(17)22-19)15-9-7-14(8-10-15)13-18(25)23-11-2-1-3-12-23;5-4(6)3-1-2-3/h4-10H,1-3,11-13H2,(H2,20,22);3H,1-2H2,(H,5,6). The summed E-state index contributed by atoms with van der Waals surface area (Å²) in [5.41, 5.74) is 9.40. The molecule has 8 heteroatoms. The van der Waals surface area contributed by atoms with Crippen molar-refractivity contribution in [3.63, 3.8) is 0 Å². The van der Waals surface area contributed by atoms with Gasteiger partial charge in [0.15, 0.2) is 5.65 Å². The molecule has 2 aromatic heterocycles. The van der Waals surface area contributed by atoms with Crippen LogP contribution >= 0.6 is 0 Å². The molecule has 162 valence electrons. The number of nitrogen functional groups attached to an aromatic ring is 1. The molecule has 1 aliphatic heterocycles. The highest BCUT2D eigenvalue weighted by Crippen LogP contribution is 2.28. The van der Waals surface area contributed by atoms with E-state index in [9.17, 15) is 9.59 Å². The Labute approximate surface area is 180 Å². The molecule has 0 bridgehead atoms. The van der Waals surface area contributed by atoms with Gasteiger partial charge < -0.3 is 15.7 Å². The van der Waals surface area contributed by atoms with Gasteiger partial charge in [-0.15, -0.1) is 5.10 Å². The molecule has 31 heavy (non-hydrogen) atoms. The van der Waals surface area contributed by atoms with Gasteiger partial charge in [0.05, 0.1) is 18.0 Å². The van der Waals surface area contributed by atoms with E-state index >= 15 is 0 Å². The van der Waals surface area contributed by atoms with E-state index in [2.05, 4.69) is 10.1 Å². The van der Waals surface area contributed by atoms with Gasteiger partial charge in [-0.25, -0.2) is 4.52 Å². The predicted molar refractivity (Wildman–Crippen MR) is 117 cm³/mol. The second-order valence-corrected chi connectivity index (χ2v) is 8.08. The van der Waals surface area contributed by atoms with Crippen LogP contribution in [0.25, 0.3) is 16.9 Å². The Morgan fingerprint density at radius 3 is 2.35 bits per heavy atom. The van der Waals surface area contributed by atoms with Crippen molar-refractivity contribution in [2.45, 2.75) is 38.5 Å². The van der Waals surface area contributed by atoms with Crippen LogP contribution in [0.3, 0.4) is 0 Å². The Morgan fingerprint density at radius 2 is 1.74 bits per heavy atom. The number of nitrogens with zero attached hydrogens (tertiary/aromatic N) is 4. The number of hydrogen-bond acceptors (Lipinski definition) is 5. The van der Waals surface area contributed by atoms with E-state index in [1.54, 1.807) is 4.52 Å². The van der Waals surface area contributed by atoms with E-state index in [1.807, 2.05) is 47.4 Å². The Morgan fingerprint density at radius 1 is 1.03 bits per heavy atom. The molecule has 1 aromatic carbocycles. The van der Waals surface area contributed by atoms with Crippen LogP contribution in [0.15, 0.2) is 42.5 Å². The van der Waals surface area contributed by atoms with Crippen LogP contribution in [0.5, 0.6) is 0 Å². The molecule has 3 heterocycles. The molecule has 2 aliphatic rings. The first-order valence-electron chi connectivity index (χ1n) is 10.7. The number of carboxylic acid groups (broad SMARTS) is 1. The van der Waals surface area contributed by atoms with Gasteiger partial charge in [0.25, 0.3) is 0 Å². The van der Waals surface area contributed by atoms with Gasteiger partial charge in [0.2, 0.25) is 11.9 Å². The highest BCUT2D eigenvalue weighted by molar-refractivity contribution is 5.79. The third-order valence-corrected chi connectivity index (χ3v) is 5.62. The first-order valence-corrected chi connectivity index (χ1v) is 10.7. The van der Waals surface area contributed by atoms with Gasteiger partial charge in [0.1, 0.15) is 0 Å². The maximum atomic E-state index is 12.4. The molecule has 0 spiro atoms. The molecule has 2 fully saturated rings. The minimum atomic E-state index is -0.630. The fraction of sp³-hybridized carbons (Fsp3) is 0.391. The molecule has 1 saturated heterocycles. The number of aromatic nitrogens is 3. The van der Waals surface area contributed by atoms with Crippen molar-refractivity contribution in [2.24, 2.45) is 5.92 Å². The number of carbonyl (C=O) groups is 2. The van der Waals surface area contributed by atoms with Gasteiger partial charge in [0, 0.05) is 18.7 Å². The van der Waals surface area contributed by atoms with Crippen LogP contribution in [0.4, 0.5) is 5.95 Å². The van der Waals surface area contributed by atoms with Gasteiger partial charge in [-0.05, 0) is 49.8 Å². The molecule has 1 aliphatic carbocycles. The molecule has 0 radical (unpaired) electrons. The molecule has 3 N–H and O–H groups in total. The third-order valence-electron chi connectivity index (χ3n) is 5.62. The lowest BCUT2D eigenvalue weighted by Gasteiger charge is -2.26. The second-order valence-electron chi connectivity index (χ2n) is 8.08. The van der Waals surface area contributed by atoms with Gasteiger partial charge in [-0.1, -0.05) is 30.3 Å². The van der Waals surface area contributed by atoms with E-state index < -0.39 is 5.97 Å². The lowest BCUT2D eigenvalue weighted by Crippen LogP contribution is -2.36. The number of rotatable bonds is 4. The summed E-state index contributed by atoms with van der Waals surface area (Å²) in [6.45, 7) is 1.79. The maximum Gasteiger partial charge on any atom is 0.306 e. The van der Waals surface area contributed by atoms with Crippen LogP contribution < -0.4 is 5.73 Å². The van der Waals surface area contributed by atoms with Crippen molar-refractivity contribution in [1.82, 2.24) is 19.5 Å². The number of hydrogen-bond donors (Lipinski definition) is 2. The first-order chi connectivity index (χ1) is 15.0. The molecule has 0 unspecified atom stereocenters. The molecule has 8 nitrogen and oxygen atoms in total. The highest BCUT2D eigenvalue weighted by atomic mass is 16.4. The summed E-state index contributed by atoms with van der Waals surface area (Å²) in [5.74, 6) is -0.130. The number of benzene rings is 1. The zero-order valence-corrected chi connectivity index (χ0v) is 17.4. The van der Waals surface area contributed by atoms with Crippen molar-refractivity contribution >= 4 is 23.5 Å². The van der Waals surface area contributed by atoms with Gasteiger partial charge in [-0.3, -0.25) is 9.59 Å². The lowest BCUT2D eigenvalue weighted by atomic mass is 10.0. The minimum Gasteiger partial charge on any atom is -0.481 e. The quantitative estimate of drug-likeness (QED) is 0.669. The van der Waals surface area contributed by atoms with Crippen molar-refractivity contribution in [1.29, 1.82) is 0 Å².